The average molecular weight is 202 g/mol. The van der Waals surface area contributed by atoms with Crippen LogP contribution >= 0.6 is 0 Å². The molecule has 0 aliphatic carbocycles. The molecule has 1 aromatic heterocycles. The lowest BCUT2D eigenvalue weighted by molar-refractivity contribution is -0.575. The van der Waals surface area contributed by atoms with Gasteiger partial charge in [-0.1, -0.05) is 12.1 Å². The number of primary amides is 1. The number of nitrogens with two attached hydrogens (primary N) is 2. The lowest BCUT2D eigenvalue weighted by Crippen LogP contribution is -2.49. The van der Waals surface area contributed by atoms with Crippen LogP contribution in [0.3, 0.4) is 0 Å². The highest BCUT2D eigenvalue weighted by Crippen LogP contribution is 2.20. The molecule has 0 atom stereocenters. The minimum absolute atomic E-state index is 0.489. The zero-order valence-corrected chi connectivity index (χ0v) is 8.40. The molecule has 0 saturated carbocycles. The number of aryl methyl sites for hydroxylation is 1. The number of anilines is 1. The molecule has 4 N–H and O–H groups in total. The molecule has 0 aliphatic rings. The van der Waals surface area contributed by atoms with Gasteiger partial charge in [-0.3, -0.25) is 5.73 Å². The highest BCUT2D eigenvalue weighted by atomic mass is 16.2. The van der Waals surface area contributed by atoms with Gasteiger partial charge in [-0.05, 0) is 19.1 Å². The molecular weight excluding hydrogens is 190 g/mol. The molecule has 0 fully saturated rings. The van der Waals surface area contributed by atoms with Crippen molar-refractivity contribution in [3.05, 3.63) is 36.2 Å². The Kier molecular flexibility index (Phi) is 2.04. The maximum Gasteiger partial charge on any atom is 0.493 e. The highest BCUT2D eigenvalue weighted by molar-refractivity contribution is 5.93. The van der Waals surface area contributed by atoms with E-state index in [-0.39, 0.29) is 0 Å². The Morgan fingerprint density at radius 3 is 2.67 bits per heavy atom. The maximum absolute atomic E-state index is 11.1. The van der Waals surface area contributed by atoms with Gasteiger partial charge in [0.05, 0.1) is 0 Å². The van der Waals surface area contributed by atoms with Gasteiger partial charge in [0.2, 0.25) is 0 Å². The summed E-state index contributed by atoms with van der Waals surface area (Å²) in [5.74, 6) is 0. The van der Waals surface area contributed by atoms with Crippen LogP contribution in [0.4, 0.5) is 10.5 Å². The average Bonchev–Trinajstić information content (AvgIpc) is 2.19. The molecule has 0 radical (unpaired) electrons. The van der Waals surface area contributed by atoms with Crippen molar-refractivity contribution in [2.45, 2.75) is 6.92 Å². The molecule has 1 heterocycles. The van der Waals surface area contributed by atoms with E-state index >= 15 is 0 Å². The van der Waals surface area contributed by atoms with E-state index in [1.807, 2.05) is 25.1 Å². The van der Waals surface area contributed by atoms with Gasteiger partial charge in [0.1, 0.15) is 11.9 Å². The van der Waals surface area contributed by atoms with Gasteiger partial charge < -0.3 is 5.73 Å². The first kappa shape index (κ1) is 9.45. The predicted octanol–water partition coefficient (Wildman–Crippen LogP) is 0.945. The number of benzene rings is 1. The Morgan fingerprint density at radius 1 is 1.27 bits per heavy atom. The van der Waals surface area contributed by atoms with Crippen LogP contribution in [-0.4, -0.2) is 6.03 Å². The van der Waals surface area contributed by atoms with Crippen molar-refractivity contribution < 1.29 is 9.36 Å². The molecule has 76 valence electrons. The number of aromatic nitrogens is 1. The Labute approximate surface area is 87.1 Å². The van der Waals surface area contributed by atoms with Crippen LogP contribution in [0, 0.1) is 6.92 Å². The molecule has 0 spiro atoms. The van der Waals surface area contributed by atoms with Crippen molar-refractivity contribution in [2.75, 3.05) is 5.73 Å². The summed E-state index contributed by atoms with van der Waals surface area (Å²) in [7, 11) is 0. The van der Waals surface area contributed by atoms with Crippen LogP contribution < -0.4 is 16.0 Å². The smallest absolute Gasteiger partial charge is 0.398 e. The number of nitrogen functional groups attached to an aromatic ring is 1. The molecule has 4 heteroatoms. The van der Waals surface area contributed by atoms with E-state index < -0.39 is 6.03 Å². The molecule has 2 aromatic rings. The third kappa shape index (κ3) is 1.40. The third-order valence-electron chi connectivity index (χ3n) is 2.52. The van der Waals surface area contributed by atoms with Crippen molar-refractivity contribution in [3.63, 3.8) is 0 Å². The second-order valence-electron chi connectivity index (χ2n) is 3.42. The molecule has 0 saturated heterocycles. The second kappa shape index (κ2) is 3.24. The molecule has 1 amide bonds. The number of hydrogen-bond acceptors (Lipinski definition) is 2. The molecule has 15 heavy (non-hydrogen) atoms. The fraction of sp³-hybridized carbons (Fsp3) is 0.0909. The molecule has 2 rings (SSSR count). The van der Waals surface area contributed by atoms with E-state index in [4.69, 9.17) is 11.5 Å². The summed E-state index contributed by atoms with van der Waals surface area (Å²) in [5, 5.41) is 1.88. The first-order valence-corrected chi connectivity index (χ1v) is 4.60. The number of carbonyl (C=O) groups excluding carboxylic acids is 1. The van der Waals surface area contributed by atoms with Gasteiger partial charge >= 0.3 is 6.03 Å². The number of carbonyl (C=O) groups is 1. The van der Waals surface area contributed by atoms with Crippen molar-refractivity contribution in [1.82, 2.24) is 0 Å². The van der Waals surface area contributed by atoms with Crippen molar-refractivity contribution in [2.24, 2.45) is 5.73 Å². The van der Waals surface area contributed by atoms with Crippen LogP contribution in [0.25, 0.3) is 10.8 Å². The summed E-state index contributed by atoms with van der Waals surface area (Å²) >= 11 is 0. The summed E-state index contributed by atoms with van der Waals surface area (Å²) in [5.41, 5.74) is 12.6. The predicted molar refractivity (Wildman–Crippen MR) is 58.3 cm³/mol. The summed E-state index contributed by atoms with van der Waals surface area (Å²) in [6, 6.07) is 6.91. The zero-order valence-electron chi connectivity index (χ0n) is 8.40. The lowest BCUT2D eigenvalue weighted by Gasteiger charge is -2.05. The first-order chi connectivity index (χ1) is 7.11. The number of fused-ring (bicyclic) bond motifs is 1. The van der Waals surface area contributed by atoms with Crippen LogP contribution in [0.2, 0.25) is 0 Å². The summed E-state index contributed by atoms with van der Waals surface area (Å²) in [4.78, 5) is 11.1. The van der Waals surface area contributed by atoms with Crippen LogP contribution in [-0.2, 0) is 0 Å². The minimum atomic E-state index is -0.489. The van der Waals surface area contributed by atoms with Gasteiger partial charge in [0.15, 0.2) is 0 Å². The fourth-order valence-electron chi connectivity index (χ4n) is 1.71. The Hall–Kier alpha value is -2.10. The van der Waals surface area contributed by atoms with Gasteiger partial charge in [-0.2, -0.15) is 9.36 Å². The number of rotatable bonds is 0. The van der Waals surface area contributed by atoms with Gasteiger partial charge in [-0.25, -0.2) is 0 Å². The first-order valence-electron chi connectivity index (χ1n) is 4.60. The normalized spacial score (nSPS) is 10.5. The van der Waals surface area contributed by atoms with Gasteiger partial charge in [0.25, 0.3) is 0 Å². The molecule has 0 bridgehead atoms. The number of hydrogen-bond donors (Lipinski definition) is 2. The number of pyridine rings is 1. The van der Waals surface area contributed by atoms with E-state index in [0.29, 0.717) is 5.69 Å². The summed E-state index contributed by atoms with van der Waals surface area (Å²) < 4.78 is 1.40. The number of amides is 1. The molecule has 1 aromatic carbocycles. The molecule has 0 unspecified atom stereocenters. The second-order valence-corrected chi connectivity index (χ2v) is 3.42. The van der Waals surface area contributed by atoms with E-state index in [0.717, 1.165) is 16.5 Å². The Morgan fingerprint density at radius 2 is 2.00 bits per heavy atom. The van der Waals surface area contributed by atoms with E-state index in [2.05, 4.69) is 0 Å². The SMILES string of the molecule is Cc1c2cccc(N)c2cc[n+]1C(N)=O. The lowest BCUT2D eigenvalue weighted by atomic mass is 10.1. The van der Waals surface area contributed by atoms with Crippen LogP contribution in [0.5, 0.6) is 0 Å². The summed E-state index contributed by atoms with van der Waals surface area (Å²) in [6.45, 7) is 1.84. The third-order valence-corrected chi connectivity index (χ3v) is 2.52. The quantitative estimate of drug-likeness (QED) is 0.493. The van der Waals surface area contributed by atoms with Crippen molar-refractivity contribution in [1.29, 1.82) is 0 Å². The van der Waals surface area contributed by atoms with Crippen LogP contribution in [0.15, 0.2) is 30.5 Å². The minimum Gasteiger partial charge on any atom is -0.398 e. The summed E-state index contributed by atoms with van der Waals surface area (Å²) in [6.07, 6.45) is 1.64. The number of nitrogens with zero attached hydrogens (tertiary/aromatic N) is 1. The van der Waals surface area contributed by atoms with E-state index in [1.165, 1.54) is 4.57 Å². The largest absolute Gasteiger partial charge is 0.493 e. The monoisotopic (exact) mass is 202 g/mol. The highest BCUT2D eigenvalue weighted by Gasteiger charge is 2.13. The zero-order chi connectivity index (χ0) is 11.0. The van der Waals surface area contributed by atoms with Crippen molar-refractivity contribution in [3.8, 4) is 0 Å². The topological polar surface area (TPSA) is 73.0 Å². The van der Waals surface area contributed by atoms with Crippen LogP contribution in [0.1, 0.15) is 5.69 Å². The van der Waals surface area contributed by atoms with Gasteiger partial charge in [0, 0.05) is 16.5 Å². The van der Waals surface area contributed by atoms with E-state index in [1.54, 1.807) is 12.3 Å². The van der Waals surface area contributed by atoms with Crippen molar-refractivity contribution >= 4 is 22.5 Å². The fourth-order valence-corrected chi connectivity index (χ4v) is 1.71. The molecule has 0 aliphatic heterocycles. The van der Waals surface area contributed by atoms with E-state index in [9.17, 15) is 4.79 Å². The Bertz CT molecular complexity index is 549. The molecular formula is C11H12N3O+. The maximum atomic E-state index is 11.1. The Balaban J connectivity index is 2.86. The molecule has 4 nitrogen and oxygen atoms in total. The standard InChI is InChI=1S/C11H11N3O/c1-7-8-3-2-4-10(12)9(8)5-6-14(7)11(13)15/h2-6H,12H2,1H3,(H-,13,15)/p+1. The van der Waals surface area contributed by atoms with Gasteiger partial charge in [-0.15, -0.1) is 0 Å².